The second kappa shape index (κ2) is 4.18. The monoisotopic (exact) mass is 193 g/mol. The minimum absolute atomic E-state index is 0.161. The lowest BCUT2D eigenvalue weighted by Gasteiger charge is -1.98. The Morgan fingerprint density at radius 2 is 1.79 bits per heavy atom. The van der Waals surface area contributed by atoms with Gasteiger partial charge in [-0.1, -0.05) is 12.1 Å². The Bertz CT molecular complexity index is 369. The Labute approximate surface area is 79.5 Å². The molecule has 0 atom stereocenters. The molecule has 1 aromatic rings. The van der Waals surface area contributed by atoms with Crippen molar-refractivity contribution in [1.82, 2.24) is 0 Å². The third kappa shape index (κ3) is 2.41. The molecular weight excluding hydrogens is 186 g/mol. The minimum Gasteiger partial charge on any atom is -0.373 e. The quantitative estimate of drug-likeness (QED) is 0.426. The molecule has 0 aliphatic rings. The Kier molecular flexibility index (Phi) is 2.96. The molecule has 5 nitrogen and oxygen atoms in total. The van der Waals surface area contributed by atoms with Crippen LogP contribution in [0.15, 0.2) is 24.3 Å². The molecule has 0 saturated carbocycles. The third-order valence-electron chi connectivity index (χ3n) is 1.48. The van der Waals surface area contributed by atoms with Crippen LogP contribution in [0.25, 0.3) is 0 Å². The Morgan fingerprint density at radius 1 is 1.21 bits per heavy atom. The van der Waals surface area contributed by atoms with E-state index in [0.717, 1.165) is 0 Å². The van der Waals surface area contributed by atoms with Gasteiger partial charge in [0.25, 0.3) is 0 Å². The van der Waals surface area contributed by atoms with E-state index < -0.39 is 12.1 Å². The lowest BCUT2D eigenvalue weighted by molar-refractivity contribution is 0.0638. The number of primary amides is 1. The summed E-state index contributed by atoms with van der Waals surface area (Å²) in [6, 6.07) is 5.61. The van der Waals surface area contributed by atoms with Gasteiger partial charge in [-0.15, -0.1) is 0 Å². The molecule has 0 unspecified atom stereocenters. The molecule has 0 bridgehead atoms. The van der Waals surface area contributed by atoms with Gasteiger partial charge >= 0.3 is 12.1 Å². The van der Waals surface area contributed by atoms with E-state index in [0.29, 0.717) is 11.8 Å². The first-order chi connectivity index (χ1) is 6.63. The van der Waals surface area contributed by atoms with Crippen molar-refractivity contribution in [2.24, 2.45) is 5.73 Å². The number of ether oxygens (including phenoxy) is 1. The molecule has 0 spiro atoms. The number of rotatable bonds is 2. The fraction of sp³-hybridized carbons (Fsp3) is 0. The molecule has 1 rings (SSSR count). The molecule has 5 heteroatoms. The number of carbonyl (C=O) groups is 3. The Balaban J connectivity index is 2.81. The fourth-order valence-electron chi connectivity index (χ4n) is 0.848. The van der Waals surface area contributed by atoms with Crippen LogP contribution in [-0.4, -0.2) is 18.3 Å². The van der Waals surface area contributed by atoms with Crippen LogP contribution in [0.3, 0.4) is 0 Å². The van der Waals surface area contributed by atoms with Crippen molar-refractivity contribution in [3.63, 3.8) is 0 Å². The van der Waals surface area contributed by atoms with Crippen LogP contribution < -0.4 is 5.73 Å². The van der Waals surface area contributed by atoms with Gasteiger partial charge in [0.05, 0.1) is 5.56 Å². The van der Waals surface area contributed by atoms with Crippen LogP contribution in [0.5, 0.6) is 0 Å². The predicted molar refractivity (Wildman–Crippen MR) is 46.8 cm³/mol. The standard InChI is InChI=1S/C9H7NO4/c10-9(13)14-8(12)7-3-1-6(5-11)2-4-7/h1-5H,(H2,10,13). The van der Waals surface area contributed by atoms with Gasteiger partial charge in [0, 0.05) is 5.56 Å². The molecule has 0 saturated heterocycles. The van der Waals surface area contributed by atoms with E-state index in [4.69, 9.17) is 0 Å². The molecule has 14 heavy (non-hydrogen) atoms. The fourth-order valence-corrected chi connectivity index (χ4v) is 0.848. The van der Waals surface area contributed by atoms with Gasteiger partial charge in [0.2, 0.25) is 0 Å². The highest BCUT2D eigenvalue weighted by molar-refractivity contribution is 5.96. The van der Waals surface area contributed by atoms with Crippen molar-refractivity contribution >= 4 is 18.3 Å². The van der Waals surface area contributed by atoms with Gasteiger partial charge < -0.3 is 10.5 Å². The van der Waals surface area contributed by atoms with E-state index in [1.807, 2.05) is 0 Å². The van der Waals surface area contributed by atoms with Crippen LogP contribution in [0.1, 0.15) is 20.7 Å². The zero-order chi connectivity index (χ0) is 10.6. The number of aldehydes is 1. The molecule has 0 fully saturated rings. The van der Waals surface area contributed by atoms with E-state index in [9.17, 15) is 14.4 Å². The summed E-state index contributed by atoms with van der Waals surface area (Å²) in [4.78, 5) is 31.5. The summed E-state index contributed by atoms with van der Waals surface area (Å²) in [6.07, 6.45) is -0.516. The van der Waals surface area contributed by atoms with Crippen molar-refractivity contribution in [3.05, 3.63) is 35.4 Å². The van der Waals surface area contributed by atoms with Crippen molar-refractivity contribution < 1.29 is 19.1 Å². The number of esters is 1. The summed E-state index contributed by atoms with van der Waals surface area (Å²) < 4.78 is 4.12. The predicted octanol–water partition coefficient (Wildman–Crippen LogP) is 0.735. The first kappa shape index (κ1) is 9.91. The number of benzene rings is 1. The normalized spacial score (nSPS) is 9.14. The molecule has 0 heterocycles. The number of amides is 1. The van der Waals surface area contributed by atoms with Gasteiger partial charge in [0.1, 0.15) is 6.29 Å². The molecule has 1 aromatic carbocycles. The lowest BCUT2D eigenvalue weighted by atomic mass is 10.1. The average molecular weight is 193 g/mol. The third-order valence-corrected chi connectivity index (χ3v) is 1.48. The molecule has 0 aliphatic heterocycles. The van der Waals surface area contributed by atoms with Crippen molar-refractivity contribution in [2.45, 2.75) is 0 Å². The zero-order valence-corrected chi connectivity index (χ0v) is 7.10. The van der Waals surface area contributed by atoms with Gasteiger partial charge in [-0.25, -0.2) is 9.59 Å². The molecule has 0 aliphatic carbocycles. The SMILES string of the molecule is NC(=O)OC(=O)c1ccc(C=O)cc1. The van der Waals surface area contributed by atoms with Gasteiger partial charge in [0.15, 0.2) is 0 Å². The second-order valence-electron chi connectivity index (χ2n) is 2.45. The molecule has 0 aromatic heterocycles. The number of hydrogen-bond acceptors (Lipinski definition) is 4. The highest BCUT2D eigenvalue weighted by Gasteiger charge is 2.09. The topological polar surface area (TPSA) is 86.5 Å². The molecular formula is C9H7NO4. The maximum Gasteiger partial charge on any atom is 0.412 e. The smallest absolute Gasteiger partial charge is 0.373 e. The molecule has 2 N–H and O–H groups in total. The van der Waals surface area contributed by atoms with Crippen molar-refractivity contribution in [1.29, 1.82) is 0 Å². The summed E-state index contributed by atoms with van der Waals surface area (Å²) in [5.74, 6) is -0.838. The first-order valence-electron chi connectivity index (χ1n) is 3.70. The van der Waals surface area contributed by atoms with Crippen LogP contribution in [-0.2, 0) is 4.74 Å². The summed E-state index contributed by atoms with van der Waals surface area (Å²) >= 11 is 0. The van der Waals surface area contributed by atoms with Crippen LogP contribution >= 0.6 is 0 Å². The first-order valence-corrected chi connectivity index (χ1v) is 3.70. The molecule has 0 radical (unpaired) electrons. The number of nitrogens with two attached hydrogens (primary N) is 1. The highest BCUT2D eigenvalue weighted by atomic mass is 16.6. The summed E-state index contributed by atoms with van der Waals surface area (Å²) in [5.41, 5.74) is 5.24. The number of hydrogen-bond donors (Lipinski definition) is 1. The zero-order valence-electron chi connectivity index (χ0n) is 7.10. The maximum absolute atomic E-state index is 11.0. The number of carbonyl (C=O) groups excluding carboxylic acids is 3. The van der Waals surface area contributed by atoms with Crippen LogP contribution in [0, 0.1) is 0 Å². The second-order valence-corrected chi connectivity index (χ2v) is 2.45. The van der Waals surface area contributed by atoms with Gasteiger partial charge in [-0.3, -0.25) is 4.79 Å². The largest absolute Gasteiger partial charge is 0.412 e. The van der Waals surface area contributed by atoms with Crippen molar-refractivity contribution in [3.8, 4) is 0 Å². The van der Waals surface area contributed by atoms with E-state index in [1.165, 1.54) is 24.3 Å². The molecule has 72 valence electrons. The van der Waals surface area contributed by atoms with Crippen molar-refractivity contribution in [2.75, 3.05) is 0 Å². The Hall–Kier alpha value is -2.17. The molecule has 1 amide bonds. The van der Waals surface area contributed by atoms with Crippen LogP contribution in [0.4, 0.5) is 4.79 Å². The summed E-state index contributed by atoms with van der Waals surface area (Å²) in [5, 5.41) is 0. The Morgan fingerprint density at radius 3 is 2.21 bits per heavy atom. The van der Waals surface area contributed by atoms with E-state index in [-0.39, 0.29) is 5.56 Å². The summed E-state index contributed by atoms with van der Waals surface area (Å²) in [7, 11) is 0. The van der Waals surface area contributed by atoms with Crippen LogP contribution in [0.2, 0.25) is 0 Å². The van der Waals surface area contributed by atoms with Gasteiger partial charge in [-0.2, -0.15) is 0 Å². The highest BCUT2D eigenvalue weighted by Crippen LogP contribution is 2.04. The minimum atomic E-state index is -1.16. The van der Waals surface area contributed by atoms with E-state index in [1.54, 1.807) is 0 Å². The maximum atomic E-state index is 11.0. The lowest BCUT2D eigenvalue weighted by Crippen LogP contribution is -2.18. The van der Waals surface area contributed by atoms with E-state index >= 15 is 0 Å². The summed E-state index contributed by atoms with van der Waals surface area (Å²) in [6.45, 7) is 0. The van der Waals surface area contributed by atoms with E-state index in [2.05, 4.69) is 10.5 Å². The average Bonchev–Trinajstić information content (AvgIpc) is 2.17. The van der Waals surface area contributed by atoms with Gasteiger partial charge in [-0.05, 0) is 12.1 Å².